The molecule has 0 bridgehead atoms. The van der Waals surface area contributed by atoms with Crippen LogP contribution >= 0.6 is 11.8 Å². The molecular weight excluding hydrogens is 249 g/mol. The van der Waals surface area contributed by atoms with E-state index in [0.717, 1.165) is 10.5 Å². The molecule has 1 aromatic heterocycles. The van der Waals surface area contributed by atoms with Crippen LogP contribution in [0.15, 0.2) is 41.6 Å². The van der Waals surface area contributed by atoms with Gasteiger partial charge in [-0.2, -0.15) is 5.26 Å². The fourth-order valence-electron chi connectivity index (χ4n) is 1.43. The Morgan fingerprint density at radius 2 is 2.22 bits per heavy atom. The average molecular weight is 259 g/mol. The topological polar surface area (TPSA) is 62.7 Å². The molecule has 0 atom stereocenters. The lowest BCUT2D eigenvalue weighted by atomic mass is 10.1. The molecule has 2 N–H and O–H groups in total. The third-order valence-electron chi connectivity index (χ3n) is 2.36. The Labute approximate surface area is 108 Å². The van der Waals surface area contributed by atoms with Crippen LogP contribution in [-0.4, -0.2) is 4.98 Å². The van der Waals surface area contributed by atoms with Crippen molar-refractivity contribution in [1.29, 1.82) is 5.26 Å². The van der Waals surface area contributed by atoms with E-state index < -0.39 is 5.82 Å². The summed E-state index contributed by atoms with van der Waals surface area (Å²) in [6, 6.07) is 8.19. The molecular formula is C13H10FN3S. The number of anilines is 1. The molecule has 0 saturated heterocycles. The van der Waals surface area contributed by atoms with Gasteiger partial charge in [0.25, 0.3) is 0 Å². The number of nitrogens with two attached hydrogens (primary N) is 1. The first-order valence-electron chi connectivity index (χ1n) is 5.21. The van der Waals surface area contributed by atoms with E-state index in [4.69, 9.17) is 11.0 Å². The van der Waals surface area contributed by atoms with Gasteiger partial charge in [-0.05, 0) is 23.8 Å². The number of aromatic nitrogens is 1. The Balaban J connectivity index is 2.12. The molecule has 3 nitrogen and oxygen atoms in total. The monoisotopic (exact) mass is 259 g/mol. The first kappa shape index (κ1) is 12.4. The van der Waals surface area contributed by atoms with Gasteiger partial charge < -0.3 is 5.73 Å². The highest BCUT2D eigenvalue weighted by molar-refractivity contribution is 7.98. The van der Waals surface area contributed by atoms with Crippen molar-refractivity contribution >= 4 is 17.4 Å². The van der Waals surface area contributed by atoms with Gasteiger partial charge in [0.15, 0.2) is 0 Å². The quantitative estimate of drug-likeness (QED) is 0.861. The van der Waals surface area contributed by atoms with E-state index in [2.05, 4.69) is 4.98 Å². The van der Waals surface area contributed by atoms with Gasteiger partial charge in [0.1, 0.15) is 11.9 Å². The number of benzene rings is 1. The maximum Gasteiger partial charge on any atom is 0.140 e. The van der Waals surface area contributed by atoms with E-state index in [0.29, 0.717) is 11.4 Å². The largest absolute Gasteiger partial charge is 0.397 e. The van der Waals surface area contributed by atoms with Gasteiger partial charge in [-0.25, -0.2) is 4.39 Å². The van der Waals surface area contributed by atoms with Crippen LogP contribution in [0.4, 0.5) is 10.1 Å². The minimum atomic E-state index is -0.491. The molecule has 0 aliphatic rings. The summed E-state index contributed by atoms with van der Waals surface area (Å²) in [6.07, 6.45) is 3.26. The normalized spacial score (nSPS) is 10.0. The lowest BCUT2D eigenvalue weighted by molar-refractivity contribution is 0.623. The number of hydrogen-bond donors (Lipinski definition) is 1. The maximum absolute atomic E-state index is 13.1. The van der Waals surface area contributed by atoms with Crippen LogP contribution in [0.5, 0.6) is 0 Å². The number of nitrogens with zero attached hydrogens (tertiary/aromatic N) is 2. The van der Waals surface area contributed by atoms with Crippen molar-refractivity contribution in [2.45, 2.75) is 10.6 Å². The molecule has 0 amide bonds. The summed E-state index contributed by atoms with van der Waals surface area (Å²) in [6.45, 7) is 0. The predicted octanol–water partition coefficient (Wildman–Crippen LogP) is 2.97. The Morgan fingerprint density at radius 1 is 1.39 bits per heavy atom. The number of nitrogen functional groups attached to an aromatic ring is 1. The van der Waals surface area contributed by atoms with Crippen LogP contribution < -0.4 is 5.73 Å². The smallest absolute Gasteiger partial charge is 0.140 e. The Kier molecular flexibility index (Phi) is 3.80. The predicted molar refractivity (Wildman–Crippen MR) is 69.3 cm³/mol. The molecule has 2 aromatic rings. The molecule has 0 radical (unpaired) electrons. The van der Waals surface area contributed by atoms with Crippen LogP contribution in [0, 0.1) is 17.1 Å². The molecule has 1 aromatic carbocycles. The minimum Gasteiger partial charge on any atom is -0.397 e. The fourth-order valence-corrected chi connectivity index (χ4v) is 2.31. The van der Waals surface area contributed by atoms with Crippen molar-refractivity contribution in [2.75, 3.05) is 5.73 Å². The van der Waals surface area contributed by atoms with Crippen LogP contribution in [0.1, 0.15) is 11.1 Å². The van der Waals surface area contributed by atoms with Crippen molar-refractivity contribution in [2.24, 2.45) is 0 Å². The summed E-state index contributed by atoms with van der Waals surface area (Å²) < 4.78 is 13.1. The number of hydrogen-bond acceptors (Lipinski definition) is 4. The van der Waals surface area contributed by atoms with Crippen LogP contribution in [0.2, 0.25) is 0 Å². The highest BCUT2D eigenvalue weighted by Gasteiger charge is 2.04. The average Bonchev–Trinajstić information content (AvgIpc) is 2.39. The third-order valence-corrected chi connectivity index (χ3v) is 3.52. The molecule has 18 heavy (non-hydrogen) atoms. The molecule has 2 rings (SSSR count). The molecule has 0 aliphatic carbocycles. The first-order valence-corrected chi connectivity index (χ1v) is 6.20. The highest BCUT2D eigenvalue weighted by atomic mass is 32.2. The van der Waals surface area contributed by atoms with Gasteiger partial charge in [0.05, 0.1) is 17.4 Å². The zero-order valence-corrected chi connectivity index (χ0v) is 10.2. The van der Waals surface area contributed by atoms with E-state index in [1.165, 1.54) is 17.8 Å². The number of halogens is 1. The second-order valence-corrected chi connectivity index (χ2v) is 4.65. The number of pyridine rings is 1. The standard InChI is InChI=1S/C13H10FN3S/c14-11-2-1-9(5-10(11)6-15)8-18-13-3-4-17-7-12(13)16/h1-5,7H,8,16H2. The van der Waals surface area contributed by atoms with Crippen molar-refractivity contribution < 1.29 is 4.39 Å². The zero-order chi connectivity index (χ0) is 13.0. The van der Waals surface area contributed by atoms with E-state index >= 15 is 0 Å². The van der Waals surface area contributed by atoms with Gasteiger partial charge in [-0.15, -0.1) is 11.8 Å². The van der Waals surface area contributed by atoms with Crippen molar-refractivity contribution in [3.05, 3.63) is 53.6 Å². The lowest BCUT2D eigenvalue weighted by Crippen LogP contribution is -1.91. The van der Waals surface area contributed by atoms with Crippen LogP contribution in [0.3, 0.4) is 0 Å². The van der Waals surface area contributed by atoms with Crippen molar-refractivity contribution in [1.82, 2.24) is 4.98 Å². The molecule has 0 fully saturated rings. The Hall–Kier alpha value is -2.06. The Morgan fingerprint density at radius 3 is 2.94 bits per heavy atom. The Bertz CT molecular complexity index is 607. The van der Waals surface area contributed by atoms with Crippen LogP contribution in [0.25, 0.3) is 0 Å². The summed E-state index contributed by atoms with van der Waals surface area (Å²) in [5.74, 6) is 0.137. The van der Waals surface area contributed by atoms with Crippen molar-refractivity contribution in [3.8, 4) is 6.07 Å². The van der Waals surface area contributed by atoms with Gasteiger partial charge in [-0.3, -0.25) is 4.98 Å². The summed E-state index contributed by atoms with van der Waals surface area (Å²) in [4.78, 5) is 4.83. The lowest BCUT2D eigenvalue weighted by Gasteiger charge is -2.05. The molecule has 0 aliphatic heterocycles. The van der Waals surface area contributed by atoms with Gasteiger partial charge in [-0.1, -0.05) is 6.07 Å². The first-order chi connectivity index (χ1) is 8.70. The number of rotatable bonds is 3. The molecule has 1 heterocycles. The second kappa shape index (κ2) is 5.52. The summed E-state index contributed by atoms with van der Waals surface area (Å²) in [7, 11) is 0. The van der Waals surface area contributed by atoms with E-state index in [1.807, 2.05) is 12.1 Å². The van der Waals surface area contributed by atoms with Gasteiger partial charge in [0.2, 0.25) is 0 Å². The highest BCUT2D eigenvalue weighted by Crippen LogP contribution is 2.27. The molecule has 0 unspecified atom stereocenters. The van der Waals surface area contributed by atoms with E-state index in [9.17, 15) is 4.39 Å². The zero-order valence-electron chi connectivity index (χ0n) is 9.43. The molecule has 5 heteroatoms. The number of nitriles is 1. The fraction of sp³-hybridized carbons (Fsp3) is 0.0769. The molecule has 90 valence electrons. The minimum absolute atomic E-state index is 0.0656. The molecule has 0 spiro atoms. The summed E-state index contributed by atoms with van der Waals surface area (Å²) in [5.41, 5.74) is 7.33. The SMILES string of the molecule is N#Cc1cc(CSc2ccncc2N)ccc1F. The van der Waals surface area contributed by atoms with Crippen LogP contribution in [-0.2, 0) is 5.75 Å². The van der Waals surface area contributed by atoms with E-state index in [1.54, 1.807) is 24.5 Å². The van der Waals surface area contributed by atoms with Gasteiger partial charge >= 0.3 is 0 Å². The van der Waals surface area contributed by atoms with Gasteiger partial charge in [0, 0.05) is 16.8 Å². The van der Waals surface area contributed by atoms with E-state index in [-0.39, 0.29) is 5.56 Å². The summed E-state index contributed by atoms with van der Waals surface area (Å²) in [5, 5.41) is 8.75. The maximum atomic E-state index is 13.1. The third kappa shape index (κ3) is 2.79. The van der Waals surface area contributed by atoms with Crippen molar-refractivity contribution in [3.63, 3.8) is 0 Å². The summed E-state index contributed by atoms with van der Waals surface area (Å²) >= 11 is 1.53. The molecule has 0 saturated carbocycles. The second-order valence-electron chi connectivity index (χ2n) is 3.63. The number of thioether (sulfide) groups is 1.